The molecule has 6 nitrogen and oxygen atoms in total. The molecule has 0 bridgehead atoms. The number of benzene rings is 3. The van der Waals surface area contributed by atoms with E-state index < -0.39 is 47.2 Å². The molecule has 1 aliphatic rings. The highest BCUT2D eigenvalue weighted by atomic mass is 35.5. The summed E-state index contributed by atoms with van der Waals surface area (Å²) in [5.41, 5.74) is -2.09. The summed E-state index contributed by atoms with van der Waals surface area (Å²) in [6.07, 6.45) is -10.4. The van der Waals surface area contributed by atoms with Gasteiger partial charge < -0.3 is 9.57 Å². The van der Waals surface area contributed by atoms with Crippen molar-refractivity contribution in [2.24, 2.45) is 5.16 Å². The molecule has 15 heteroatoms. The van der Waals surface area contributed by atoms with E-state index in [0.717, 1.165) is 24.3 Å². The number of aryl methyl sites for hydroxylation is 1. The van der Waals surface area contributed by atoms with Crippen LogP contribution < -0.4 is 9.46 Å². The monoisotopic (exact) mass is 638 g/mol. The summed E-state index contributed by atoms with van der Waals surface area (Å²) < 4.78 is 98.1. The summed E-state index contributed by atoms with van der Waals surface area (Å²) in [6.45, 7) is 1.53. The third-order valence-corrected chi connectivity index (χ3v) is 7.43. The number of rotatable bonds is 7. The summed E-state index contributed by atoms with van der Waals surface area (Å²) in [5.74, 6) is -1.38. The second kappa shape index (κ2) is 11.5. The van der Waals surface area contributed by atoms with Gasteiger partial charge in [0.05, 0.1) is 11.5 Å². The van der Waals surface area contributed by atoms with E-state index in [-0.39, 0.29) is 38.2 Å². The Bertz CT molecular complexity index is 1510. The van der Waals surface area contributed by atoms with Crippen LogP contribution in [0.25, 0.3) is 0 Å². The fourth-order valence-electron chi connectivity index (χ4n) is 4.08. The van der Waals surface area contributed by atoms with Crippen molar-refractivity contribution >= 4 is 45.8 Å². The predicted molar refractivity (Wildman–Crippen MR) is 140 cm³/mol. The van der Waals surface area contributed by atoms with Crippen LogP contribution in [-0.2, 0) is 27.2 Å². The van der Waals surface area contributed by atoms with Crippen LogP contribution in [0.1, 0.15) is 39.0 Å². The van der Waals surface area contributed by atoms with Crippen molar-refractivity contribution in [2.45, 2.75) is 37.2 Å². The van der Waals surface area contributed by atoms with Crippen LogP contribution in [0.5, 0.6) is 5.75 Å². The number of halogens is 8. The van der Waals surface area contributed by atoms with E-state index in [2.05, 4.69) is 14.6 Å². The molecule has 0 radical (unpaired) electrons. The number of hydrogen-bond donors (Lipinski definition) is 1. The maximum atomic E-state index is 14.2. The maximum Gasteiger partial charge on any atom is 0.573 e. The Hall–Kier alpha value is -3.29. The van der Waals surface area contributed by atoms with Gasteiger partial charge in [0.1, 0.15) is 16.7 Å². The zero-order valence-corrected chi connectivity index (χ0v) is 23.0. The SMILES string of the molecule is Cc1cc(C2=NOC(c3cc(Cl)cc(Cl)c3)(C(F)(F)F)C2)ccc1C(=O)NS(=O)Cc1ccc(OC(F)(F)F)cc1. The first-order valence-corrected chi connectivity index (χ1v) is 13.6. The minimum atomic E-state index is -4.88. The van der Waals surface area contributed by atoms with Gasteiger partial charge >= 0.3 is 12.5 Å². The van der Waals surface area contributed by atoms with Gasteiger partial charge in [-0.25, -0.2) is 4.21 Å². The first-order valence-electron chi connectivity index (χ1n) is 11.5. The van der Waals surface area contributed by atoms with E-state index in [0.29, 0.717) is 11.1 Å². The highest BCUT2D eigenvalue weighted by Gasteiger charge is 2.62. The number of nitrogens with one attached hydrogen (secondary N) is 1. The molecular formula is C26H18Cl2F6N2O4S. The summed E-state index contributed by atoms with van der Waals surface area (Å²) >= 11 is 11.8. The first kappa shape index (κ1) is 30.7. The van der Waals surface area contributed by atoms with E-state index in [4.69, 9.17) is 28.0 Å². The summed E-state index contributed by atoms with van der Waals surface area (Å²) in [5, 5.41) is 3.67. The minimum absolute atomic E-state index is 0.00995. The molecule has 1 amide bonds. The Balaban J connectivity index is 1.45. The molecule has 0 aromatic heterocycles. The molecule has 1 heterocycles. The van der Waals surface area contributed by atoms with Crippen LogP contribution >= 0.6 is 23.2 Å². The zero-order valence-electron chi connectivity index (χ0n) is 20.7. The second-order valence-corrected chi connectivity index (χ2v) is 11.0. The molecule has 41 heavy (non-hydrogen) atoms. The van der Waals surface area contributed by atoms with Crippen molar-refractivity contribution in [2.75, 3.05) is 0 Å². The normalized spacial score (nSPS) is 17.9. The van der Waals surface area contributed by atoms with Crippen LogP contribution in [0.2, 0.25) is 10.0 Å². The smallest absolute Gasteiger partial charge is 0.406 e. The van der Waals surface area contributed by atoms with Crippen LogP contribution in [0.15, 0.2) is 65.8 Å². The molecule has 1 N–H and O–H groups in total. The first-order chi connectivity index (χ1) is 19.1. The number of hydrogen-bond acceptors (Lipinski definition) is 5. The van der Waals surface area contributed by atoms with E-state index in [1.165, 1.54) is 43.3 Å². The van der Waals surface area contributed by atoms with Gasteiger partial charge in [-0.05, 0) is 66.1 Å². The third kappa shape index (κ3) is 7.14. The number of alkyl halides is 6. The molecule has 0 aliphatic carbocycles. The van der Waals surface area contributed by atoms with Crippen LogP contribution in [-0.4, -0.2) is 28.4 Å². The summed E-state index contributed by atoms with van der Waals surface area (Å²) in [7, 11) is -1.94. The van der Waals surface area contributed by atoms with E-state index in [1.807, 2.05) is 0 Å². The molecule has 0 saturated heterocycles. The predicted octanol–water partition coefficient (Wildman–Crippen LogP) is 7.38. The lowest BCUT2D eigenvalue weighted by Gasteiger charge is -2.29. The number of carbonyl (C=O) groups excluding carboxylic acids is 1. The van der Waals surface area contributed by atoms with Crippen LogP contribution in [0, 0.1) is 6.92 Å². The molecule has 3 aromatic carbocycles. The number of nitrogens with zero attached hydrogens (tertiary/aromatic N) is 1. The van der Waals surface area contributed by atoms with Gasteiger partial charge in [-0.2, -0.15) is 13.2 Å². The maximum absolute atomic E-state index is 14.2. The number of amides is 1. The lowest BCUT2D eigenvalue weighted by atomic mass is 9.86. The van der Waals surface area contributed by atoms with Crippen LogP contribution in [0.3, 0.4) is 0 Å². The fourth-order valence-corrected chi connectivity index (χ4v) is 5.49. The molecule has 2 unspecified atom stereocenters. The van der Waals surface area contributed by atoms with Gasteiger partial charge in [-0.1, -0.05) is 46.6 Å². The van der Waals surface area contributed by atoms with Gasteiger partial charge in [0.25, 0.3) is 11.5 Å². The molecule has 1 aliphatic heterocycles. The summed E-state index contributed by atoms with van der Waals surface area (Å²) in [6, 6.07) is 12.3. The zero-order chi connectivity index (χ0) is 30.2. The van der Waals surface area contributed by atoms with Gasteiger partial charge in [-0.3, -0.25) is 9.52 Å². The fraction of sp³-hybridized carbons (Fsp3) is 0.231. The molecule has 2 atom stereocenters. The molecule has 218 valence electrons. The van der Waals surface area contributed by atoms with Crippen molar-refractivity contribution in [3.8, 4) is 5.75 Å². The largest absolute Gasteiger partial charge is 0.573 e. The van der Waals surface area contributed by atoms with E-state index >= 15 is 0 Å². The average Bonchev–Trinajstić information content (AvgIpc) is 3.31. The standard InChI is InChI=1S/C26H18Cl2F6N2O4S/c1-14-8-16(22-12-24(40-35-22,25(29,30)31)17-9-18(27)11-19(28)10-17)4-7-21(14)23(37)36-41(38)13-15-2-5-20(6-3-15)39-26(32,33)34/h2-11H,12-13H2,1H3,(H,36,37). The third-order valence-electron chi connectivity index (χ3n) is 5.98. The van der Waals surface area contributed by atoms with Gasteiger partial charge in [-0.15, -0.1) is 13.2 Å². The quantitative estimate of drug-likeness (QED) is 0.274. The topological polar surface area (TPSA) is 77.0 Å². The molecule has 0 saturated carbocycles. The number of oxime groups is 1. The van der Waals surface area contributed by atoms with Crippen LogP contribution in [0.4, 0.5) is 26.3 Å². The number of ether oxygens (including phenoxy) is 1. The average molecular weight is 639 g/mol. The number of carbonyl (C=O) groups is 1. The lowest BCUT2D eigenvalue weighted by Crippen LogP contribution is -2.42. The van der Waals surface area contributed by atoms with Gasteiger partial charge in [0.2, 0.25) is 0 Å². The molecule has 0 fully saturated rings. The van der Waals surface area contributed by atoms with Crippen molar-refractivity contribution < 1.29 is 44.9 Å². The highest BCUT2D eigenvalue weighted by molar-refractivity contribution is 7.82. The Labute approximate surface area is 241 Å². The van der Waals surface area contributed by atoms with Gasteiger partial charge in [0, 0.05) is 27.6 Å². The molecule has 3 aromatic rings. The second-order valence-electron chi connectivity index (χ2n) is 8.93. The minimum Gasteiger partial charge on any atom is -0.406 e. The molecule has 0 spiro atoms. The van der Waals surface area contributed by atoms with Crippen molar-refractivity contribution in [1.29, 1.82) is 0 Å². The Kier molecular flexibility index (Phi) is 8.63. The Morgan fingerprint density at radius 2 is 1.66 bits per heavy atom. The van der Waals surface area contributed by atoms with Crippen molar-refractivity contribution in [1.82, 2.24) is 4.72 Å². The van der Waals surface area contributed by atoms with E-state index in [9.17, 15) is 35.3 Å². The van der Waals surface area contributed by atoms with Crippen molar-refractivity contribution in [3.63, 3.8) is 0 Å². The summed E-state index contributed by atoms with van der Waals surface area (Å²) in [4.78, 5) is 17.7. The Morgan fingerprint density at radius 1 is 1.02 bits per heavy atom. The molecular weight excluding hydrogens is 621 g/mol. The lowest BCUT2D eigenvalue weighted by molar-refractivity contribution is -0.276. The van der Waals surface area contributed by atoms with Gasteiger partial charge in [0.15, 0.2) is 0 Å². The Morgan fingerprint density at radius 3 is 2.22 bits per heavy atom. The molecule has 4 rings (SSSR count). The van der Waals surface area contributed by atoms with E-state index in [1.54, 1.807) is 0 Å². The highest BCUT2D eigenvalue weighted by Crippen LogP contribution is 2.49. The van der Waals surface area contributed by atoms with Crippen molar-refractivity contribution in [3.05, 3.63) is 98.5 Å².